The number of anilines is 1. The van der Waals surface area contributed by atoms with E-state index in [2.05, 4.69) is 10.4 Å². The number of carbonyl (C=O) groups is 1. The van der Waals surface area contributed by atoms with Crippen LogP contribution in [-0.4, -0.2) is 22.8 Å². The molecule has 0 spiro atoms. The Balaban J connectivity index is 1.62. The van der Waals surface area contributed by atoms with Crippen molar-refractivity contribution in [3.63, 3.8) is 0 Å². The van der Waals surface area contributed by atoms with Crippen molar-refractivity contribution < 1.29 is 13.9 Å². The van der Waals surface area contributed by atoms with Gasteiger partial charge in [0.25, 0.3) is 5.56 Å². The van der Waals surface area contributed by atoms with Gasteiger partial charge in [-0.15, -0.1) is 0 Å². The average Bonchev–Trinajstić information content (AvgIpc) is 2.70. The number of benzene rings is 2. The fourth-order valence-electron chi connectivity index (χ4n) is 2.76. The fraction of sp³-hybridized carbons (Fsp3) is 0.190. The van der Waals surface area contributed by atoms with Crippen LogP contribution in [0.2, 0.25) is 5.02 Å². The molecule has 0 aliphatic rings. The summed E-state index contributed by atoms with van der Waals surface area (Å²) in [6.45, 7) is 0.272. The number of rotatable bonds is 7. The first-order valence-corrected chi connectivity index (χ1v) is 9.31. The molecule has 8 heteroatoms. The number of carbonyl (C=O) groups excluding carboxylic acids is 1. The number of ether oxygens (including phenoxy) is 1. The number of hydrogen-bond acceptors (Lipinski definition) is 4. The molecule has 0 aliphatic heterocycles. The summed E-state index contributed by atoms with van der Waals surface area (Å²) in [7, 11) is 1.51. The summed E-state index contributed by atoms with van der Waals surface area (Å²) < 4.78 is 19.6. The number of hydrogen-bond donors (Lipinski definition) is 1. The van der Waals surface area contributed by atoms with Crippen molar-refractivity contribution in [1.82, 2.24) is 9.78 Å². The molecule has 150 valence electrons. The second kappa shape index (κ2) is 9.34. The molecule has 0 radical (unpaired) electrons. The first-order valence-electron chi connectivity index (χ1n) is 8.94. The van der Waals surface area contributed by atoms with Crippen LogP contribution in [0.25, 0.3) is 11.3 Å². The van der Waals surface area contributed by atoms with Gasteiger partial charge in [0.1, 0.15) is 11.6 Å². The summed E-state index contributed by atoms with van der Waals surface area (Å²) in [5.74, 6) is -0.0645. The van der Waals surface area contributed by atoms with Crippen molar-refractivity contribution in [2.45, 2.75) is 19.4 Å². The summed E-state index contributed by atoms with van der Waals surface area (Å²) in [6.07, 6.45) is 0.596. The van der Waals surface area contributed by atoms with E-state index in [1.54, 1.807) is 36.4 Å². The maximum Gasteiger partial charge on any atom is 0.266 e. The average molecular weight is 416 g/mol. The highest BCUT2D eigenvalue weighted by Gasteiger charge is 2.09. The van der Waals surface area contributed by atoms with E-state index in [4.69, 9.17) is 16.3 Å². The Kier molecular flexibility index (Phi) is 6.61. The molecular weight excluding hydrogens is 397 g/mol. The normalized spacial score (nSPS) is 10.6. The molecule has 1 heterocycles. The Hall–Kier alpha value is -3.19. The summed E-state index contributed by atoms with van der Waals surface area (Å²) in [6, 6.07) is 13.8. The topological polar surface area (TPSA) is 73.2 Å². The minimum Gasteiger partial charge on any atom is -0.495 e. The van der Waals surface area contributed by atoms with E-state index in [0.717, 1.165) is 0 Å². The number of halogens is 2. The predicted octanol–water partition coefficient (Wildman–Crippen LogP) is 4.13. The van der Waals surface area contributed by atoms with E-state index in [1.165, 1.54) is 30.0 Å². The van der Waals surface area contributed by atoms with Gasteiger partial charge in [0, 0.05) is 29.6 Å². The summed E-state index contributed by atoms with van der Waals surface area (Å²) >= 11 is 5.96. The first kappa shape index (κ1) is 20.5. The number of aryl methyl sites for hydroxylation is 1. The molecule has 0 unspecified atom stereocenters. The lowest BCUT2D eigenvalue weighted by atomic mass is 10.1. The molecule has 2 aromatic carbocycles. The van der Waals surface area contributed by atoms with Gasteiger partial charge in [-0.1, -0.05) is 11.6 Å². The molecule has 29 heavy (non-hydrogen) atoms. The lowest BCUT2D eigenvalue weighted by Gasteiger charge is -2.11. The van der Waals surface area contributed by atoms with E-state index in [0.29, 0.717) is 34.1 Å². The summed E-state index contributed by atoms with van der Waals surface area (Å²) in [5, 5.41) is 7.54. The fourth-order valence-corrected chi connectivity index (χ4v) is 2.94. The van der Waals surface area contributed by atoms with Crippen LogP contribution in [0, 0.1) is 5.82 Å². The summed E-state index contributed by atoms with van der Waals surface area (Å²) in [5.41, 5.74) is 1.47. The third kappa shape index (κ3) is 5.42. The van der Waals surface area contributed by atoms with Gasteiger partial charge in [-0.25, -0.2) is 9.07 Å². The number of methoxy groups -OCH3 is 1. The minimum atomic E-state index is -0.343. The predicted molar refractivity (Wildman–Crippen MR) is 110 cm³/mol. The lowest BCUT2D eigenvalue weighted by molar-refractivity contribution is -0.116. The second-order valence-electron chi connectivity index (χ2n) is 6.28. The molecule has 3 aromatic rings. The van der Waals surface area contributed by atoms with Gasteiger partial charge >= 0.3 is 0 Å². The maximum absolute atomic E-state index is 13.1. The van der Waals surface area contributed by atoms with Crippen LogP contribution in [0.3, 0.4) is 0 Å². The smallest absolute Gasteiger partial charge is 0.266 e. The van der Waals surface area contributed by atoms with Crippen LogP contribution in [0.15, 0.2) is 59.4 Å². The Morgan fingerprint density at radius 2 is 1.93 bits per heavy atom. The molecular formula is C21H19ClFN3O3. The Morgan fingerprint density at radius 3 is 2.66 bits per heavy atom. The standard InChI is InChI=1S/C21H19ClFN3O3/c1-29-19-10-6-15(22)13-18(19)24-20(27)3-2-12-26-21(28)11-9-17(25-26)14-4-7-16(23)8-5-14/h4-11,13H,2-3,12H2,1H3,(H,24,27). The Bertz CT molecular complexity index is 1070. The first-order chi connectivity index (χ1) is 14.0. The quantitative estimate of drug-likeness (QED) is 0.629. The third-order valence-corrected chi connectivity index (χ3v) is 4.45. The highest BCUT2D eigenvalue weighted by molar-refractivity contribution is 6.31. The maximum atomic E-state index is 13.1. The molecule has 1 amide bonds. The number of nitrogens with zero attached hydrogens (tertiary/aromatic N) is 2. The van der Waals surface area contributed by atoms with E-state index >= 15 is 0 Å². The van der Waals surface area contributed by atoms with Gasteiger partial charge in [0.2, 0.25) is 5.91 Å². The summed E-state index contributed by atoms with van der Waals surface area (Å²) in [4.78, 5) is 24.3. The van der Waals surface area contributed by atoms with Gasteiger partial charge in [0.15, 0.2) is 0 Å². The highest BCUT2D eigenvalue weighted by Crippen LogP contribution is 2.27. The zero-order valence-corrected chi connectivity index (χ0v) is 16.4. The molecule has 3 rings (SSSR count). The van der Waals surface area contributed by atoms with Crippen molar-refractivity contribution in [1.29, 1.82) is 0 Å². The van der Waals surface area contributed by atoms with Crippen LogP contribution < -0.4 is 15.6 Å². The monoisotopic (exact) mass is 415 g/mol. The van der Waals surface area contributed by atoms with Crippen molar-refractivity contribution in [2.75, 3.05) is 12.4 Å². The van der Waals surface area contributed by atoms with Crippen LogP contribution >= 0.6 is 11.6 Å². The van der Waals surface area contributed by atoms with Gasteiger partial charge < -0.3 is 10.1 Å². The van der Waals surface area contributed by atoms with Crippen molar-refractivity contribution in [3.05, 3.63) is 75.8 Å². The molecule has 0 saturated heterocycles. The minimum absolute atomic E-state index is 0.185. The van der Waals surface area contributed by atoms with Crippen LogP contribution in [0.5, 0.6) is 5.75 Å². The Labute approximate surface area is 171 Å². The number of aromatic nitrogens is 2. The molecule has 6 nitrogen and oxygen atoms in total. The molecule has 1 N–H and O–H groups in total. The molecule has 0 saturated carbocycles. The van der Waals surface area contributed by atoms with E-state index in [-0.39, 0.29) is 30.2 Å². The molecule has 0 fully saturated rings. The van der Waals surface area contributed by atoms with Gasteiger partial charge in [-0.2, -0.15) is 5.10 Å². The van der Waals surface area contributed by atoms with Gasteiger partial charge in [-0.3, -0.25) is 9.59 Å². The Morgan fingerprint density at radius 1 is 1.17 bits per heavy atom. The molecule has 0 atom stereocenters. The molecule has 0 bridgehead atoms. The zero-order valence-electron chi connectivity index (χ0n) is 15.7. The highest BCUT2D eigenvalue weighted by atomic mass is 35.5. The molecule has 0 aliphatic carbocycles. The largest absolute Gasteiger partial charge is 0.495 e. The number of amides is 1. The van der Waals surface area contributed by atoms with E-state index in [1.807, 2.05) is 0 Å². The van der Waals surface area contributed by atoms with Crippen molar-refractivity contribution in [2.24, 2.45) is 0 Å². The second-order valence-corrected chi connectivity index (χ2v) is 6.72. The van der Waals surface area contributed by atoms with Gasteiger partial charge in [0.05, 0.1) is 18.5 Å². The van der Waals surface area contributed by atoms with E-state index in [9.17, 15) is 14.0 Å². The van der Waals surface area contributed by atoms with Crippen molar-refractivity contribution >= 4 is 23.2 Å². The van der Waals surface area contributed by atoms with Crippen LogP contribution in [0.1, 0.15) is 12.8 Å². The van der Waals surface area contributed by atoms with Gasteiger partial charge in [-0.05, 0) is 55.0 Å². The van der Waals surface area contributed by atoms with Crippen LogP contribution in [0.4, 0.5) is 10.1 Å². The van der Waals surface area contributed by atoms with Crippen LogP contribution in [-0.2, 0) is 11.3 Å². The lowest BCUT2D eigenvalue weighted by Crippen LogP contribution is -2.23. The molecule has 1 aromatic heterocycles. The van der Waals surface area contributed by atoms with E-state index < -0.39 is 0 Å². The number of nitrogens with one attached hydrogen (secondary N) is 1. The zero-order chi connectivity index (χ0) is 20.8. The van der Waals surface area contributed by atoms with Crippen molar-refractivity contribution in [3.8, 4) is 17.0 Å². The SMILES string of the molecule is COc1ccc(Cl)cc1NC(=O)CCCn1nc(-c2ccc(F)cc2)ccc1=O. The third-order valence-electron chi connectivity index (χ3n) is 4.22.